The van der Waals surface area contributed by atoms with E-state index in [4.69, 9.17) is 0 Å². The fourth-order valence-corrected chi connectivity index (χ4v) is 3.61. The molecule has 0 aromatic heterocycles. The highest BCUT2D eigenvalue weighted by Crippen LogP contribution is 2.29. The zero-order chi connectivity index (χ0) is 19.2. The van der Waals surface area contributed by atoms with Crippen LogP contribution in [0, 0.1) is 17.0 Å². The summed E-state index contributed by atoms with van der Waals surface area (Å²) >= 11 is 1.56. The first kappa shape index (κ1) is 18.7. The van der Waals surface area contributed by atoms with Crippen molar-refractivity contribution in [2.75, 3.05) is 5.32 Å². The molecule has 0 heterocycles. The molecule has 0 radical (unpaired) electrons. The molecule has 0 bridgehead atoms. The minimum atomic E-state index is -0.487. The van der Waals surface area contributed by atoms with Crippen molar-refractivity contribution >= 4 is 29.0 Å². The molecule has 6 heteroatoms. The molecule has 136 valence electrons. The Labute approximate surface area is 161 Å². The van der Waals surface area contributed by atoms with Gasteiger partial charge in [-0.25, -0.2) is 0 Å². The number of nitrogens with zero attached hydrogens (tertiary/aromatic N) is 1. The number of thioether (sulfide) groups is 1. The first-order valence-corrected chi connectivity index (χ1v) is 9.35. The molecule has 0 saturated carbocycles. The number of nitro benzene ring substituents is 1. The van der Waals surface area contributed by atoms with Gasteiger partial charge in [-0.2, -0.15) is 0 Å². The molecule has 5 nitrogen and oxygen atoms in total. The van der Waals surface area contributed by atoms with Gasteiger partial charge >= 0.3 is 0 Å². The third-order valence-electron chi connectivity index (χ3n) is 3.97. The first-order chi connectivity index (χ1) is 13.0. The van der Waals surface area contributed by atoms with Crippen molar-refractivity contribution in [1.82, 2.24) is 0 Å². The van der Waals surface area contributed by atoms with E-state index >= 15 is 0 Å². The van der Waals surface area contributed by atoms with E-state index in [1.54, 1.807) is 43.0 Å². The van der Waals surface area contributed by atoms with Crippen LogP contribution in [0.15, 0.2) is 77.7 Å². The topological polar surface area (TPSA) is 72.2 Å². The molecule has 3 aromatic carbocycles. The number of anilines is 1. The van der Waals surface area contributed by atoms with Crippen molar-refractivity contribution < 1.29 is 9.72 Å². The summed E-state index contributed by atoms with van der Waals surface area (Å²) in [6.45, 7) is 1.77. The van der Waals surface area contributed by atoms with Gasteiger partial charge in [0.25, 0.3) is 11.6 Å². The Morgan fingerprint density at radius 3 is 2.48 bits per heavy atom. The predicted molar refractivity (Wildman–Crippen MR) is 108 cm³/mol. The number of aryl methyl sites for hydroxylation is 1. The molecule has 0 spiro atoms. The Balaban J connectivity index is 1.81. The van der Waals surface area contributed by atoms with Crippen molar-refractivity contribution in [3.8, 4) is 0 Å². The molecule has 0 aliphatic carbocycles. The van der Waals surface area contributed by atoms with Gasteiger partial charge in [0.05, 0.1) is 10.5 Å². The third-order valence-corrected chi connectivity index (χ3v) is 5.11. The molecule has 0 saturated heterocycles. The maximum Gasteiger partial charge on any atom is 0.293 e. The largest absolute Gasteiger partial charge is 0.316 e. The van der Waals surface area contributed by atoms with Gasteiger partial charge in [0.1, 0.15) is 5.69 Å². The highest BCUT2D eigenvalue weighted by atomic mass is 32.2. The summed E-state index contributed by atoms with van der Waals surface area (Å²) in [4.78, 5) is 24.4. The standard InChI is InChI=1S/C21H18N2O3S/c1-15-11-12-18(19(13-15)23(25)26)22-21(24)17-9-5-6-10-20(17)27-14-16-7-3-2-4-8-16/h2-13H,14H2,1H3,(H,22,24). The number of amides is 1. The van der Waals surface area contributed by atoms with E-state index in [0.717, 1.165) is 21.8 Å². The fourth-order valence-electron chi connectivity index (χ4n) is 2.60. The van der Waals surface area contributed by atoms with E-state index in [0.29, 0.717) is 5.56 Å². The first-order valence-electron chi connectivity index (χ1n) is 8.37. The zero-order valence-corrected chi connectivity index (χ0v) is 15.5. The Morgan fingerprint density at radius 1 is 1.04 bits per heavy atom. The van der Waals surface area contributed by atoms with E-state index < -0.39 is 4.92 Å². The minimum absolute atomic E-state index is 0.113. The van der Waals surface area contributed by atoms with Crippen molar-refractivity contribution in [2.24, 2.45) is 0 Å². The average molecular weight is 378 g/mol. The van der Waals surface area contributed by atoms with E-state index in [1.165, 1.54) is 6.07 Å². The smallest absolute Gasteiger partial charge is 0.293 e. The van der Waals surface area contributed by atoms with Crippen LogP contribution >= 0.6 is 11.8 Å². The van der Waals surface area contributed by atoms with Gasteiger partial charge in [-0.3, -0.25) is 14.9 Å². The van der Waals surface area contributed by atoms with Gasteiger partial charge in [0.2, 0.25) is 0 Å². The lowest BCUT2D eigenvalue weighted by Crippen LogP contribution is -2.14. The molecule has 1 N–H and O–H groups in total. The number of rotatable bonds is 6. The number of hydrogen-bond donors (Lipinski definition) is 1. The molecule has 27 heavy (non-hydrogen) atoms. The maximum atomic E-state index is 12.8. The van der Waals surface area contributed by atoms with Gasteiger partial charge in [-0.15, -0.1) is 11.8 Å². The quantitative estimate of drug-likeness (QED) is 0.352. The summed E-state index contributed by atoms with van der Waals surface area (Å²) in [6, 6.07) is 22.0. The number of nitrogens with one attached hydrogen (secondary N) is 1. The lowest BCUT2D eigenvalue weighted by molar-refractivity contribution is -0.384. The molecule has 0 unspecified atom stereocenters. The minimum Gasteiger partial charge on any atom is -0.316 e. The molecule has 3 rings (SSSR count). The lowest BCUT2D eigenvalue weighted by Gasteiger charge is -2.10. The molecule has 3 aromatic rings. The van der Waals surface area contributed by atoms with Crippen molar-refractivity contribution in [2.45, 2.75) is 17.6 Å². The molecule has 0 aliphatic heterocycles. The molecular weight excluding hydrogens is 360 g/mol. The average Bonchev–Trinajstić information content (AvgIpc) is 2.68. The Morgan fingerprint density at radius 2 is 1.74 bits per heavy atom. The van der Waals surface area contributed by atoms with Gasteiger partial charge < -0.3 is 5.32 Å². The summed E-state index contributed by atoms with van der Waals surface area (Å²) in [5.41, 5.74) is 2.50. The van der Waals surface area contributed by atoms with E-state index in [2.05, 4.69) is 5.32 Å². The van der Waals surface area contributed by atoms with Crippen LogP contribution < -0.4 is 5.32 Å². The van der Waals surface area contributed by atoms with E-state index in [1.807, 2.05) is 42.5 Å². The zero-order valence-electron chi connectivity index (χ0n) is 14.7. The predicted octanol–water partition coefficient (Wildman–Crippen LogP) is 5.45. The molecule has 0 aliphatic rings. The highest BCUT2D eigenvalue weighted by Gasteiger charge is 2.18. The van der Waals surface area contributed by atoms with Crippen LogP contribution in [-0.2, 0) is 5.75 Å². The van der Waals surface area contributed by atoms with Gasteiger partial charge in [0.15, 0.2) is 0 Å². The summed E-state index contributed by atoms with van der Waals surface area (Å²) in [5, 5.41) is 13.9. The lowest BCUT2D eigenvalue weighted by atomic mass is 10.1. The monoisotopic (exact) mass is 378 g/mol. The second-order valence-electron chi connectivity index (χ2n) is 6.00. The normalized spacial score (nSPS) is 10.4. The van der Waals surface area contributed by atoms with Crippen LogP contribution in [0.4, 0.5) is 11.4 Å². The third kappa shape index (κ3) is 4.74. The van der Waals surface area contributed by atoms with Crippen LogP contribution in [0.25, 0.3) is 0 Å². The van der Waals surface area contributed by atoms with Crippen LogP contribution in [0.3, 0.4) is 0 Å². The maximum absolute atomic E-state index is 12.8. The summed E-state index contributed by atoms with van der Waals surface area (Å²) < 4.78 is 0. The summed E-state index contributed by atoms with van der Waals surface area (Å²) in [7, 11) is 0. The van der Waals surface area contributed by atoms with Gasteiger partial charge in [-0.1, -0.05) is 48.5 Å². The fraction of sp³-hybridized carbons (Fsp3) is 0.0952. The Hall–Kier alpha value is -3.12. The second kappa shape index (κ2) is 8.51. The van der Waals surface area contributed by atoms with E-state index in [-0.39, 0.29) is 17.3 Å². The van der Waals surface area contributed by atoms with Crippen LogP contribution in [0.5, 0.6) is 0 Å². The van der Waals surface area contributed by atoms with Crippen LogP contribution in [-0.4, -0.2) is 10.8 Å². The molecule has 1 amide bonds. The van der Waals surface area contributed by atoms with Crippen LogP contribution in [0.1, 0.15) is 21.5 Å². The highest BCUT2D eigenvalue weighted by molar-refractivity contribution is 7.98. The number of nitro groups is 1. The van der Waals surface area contributed by atoms with E-state index in [9.17, 15) is 14.9 Å². The van der Waals surface area contributed by atoms with Gasteiger partial charge in [-0.05, 0) is 36.2 Å². The number of benzene rings is 3. The Bertz CT molecular complexity index is 974. The second-order valence-corrected chi connectivity index (χ2v) is 7.02. The van der Waals surface area contributed by atoms with Crippen LogP contribution in [0.2, 0.25) is 0 Å². The van der Waals surface area contributed by atoms with Crippen molar-refractivity contribution in [1.29, 1.82) is 0 Å². The number of hydrogen-bond acceptors (Lipinski definition) is 4. The number of carbonyl (C=O) groups excluding carboxylic acids is 1. The molecular formula is C21H18N2O3S. The summed E-state index contributed by atoms with van der Waals surface area (Å²) in [5.74, 6) is 0.369. The summed E-state index contributed by atoms with van der Waals surface area (Å²) in [6.07, 6.45) is 0. The van der Waals surface area contributed by atoms with Crippen molar-refractivity contribution in [3.05, 3.63) is 99.6 Å². The van der Waals surface area contributed by atoms with Crippen molar-refractivity contribution in [3.63, 3.8) is 0 Å². The SMILES string of the molecule is Cc1ccc(NC(=O)c2ccccc2SCc2ccccc2)c([N+](=O)[O-])c1. The molecule has 0 fully saturated rings. The Kier molecular flexibility index (Phi) is 5.88. The van der Waals surface area contributed by atoms with Gasteiger partial charge in [0, 0.05) is 16.7 Å². The number of carbonyl (C=O) groups is 1. The molecule has 0 atom stereocenters.